The first-order valence-electron chi connectivity index (χ1n) is 3.86. The van der Waals surface area contributed by atoms with E-state index in [2.05, 4.69) is 15.9 Å². The third-order valence-corrected chi connectivity index (χ3v) is 4.64. The fourth-order valence-electron chi connectivity index (χ4n) is 0.808. The highest BCUT2D eigenvalue weighted by molar-refractivity contribution is 9.10. The molecular weight excluding hydrogens is 270 g/mol. The van der Waals surface area contributed by atoms with E-state index in [0.717, 1.165) is 4.31 Å². The molecule has 0 aromatic heterocycles. The summed E-state index contributed by atoms with van der Waals surface area (Å²) in [6.07, 6.45) is 0.273. The first-order chi connectivity index (χ1) is 6.58. The molecule has 0 aromatic carbocycles. The van der Waals surface area contributed by atoms with Gasteiger partial charge in [-0.05, 0) is 0 Å². The first-order valence-corrected chi connectivity index (χ1v) is 6.59. The highest BCUT2D eigenvalue weighted by Crippen LogP contribution is 2.06. The van der Waals surface area contributed by atoms with E-state index in [9.17, 15) is 8.42 Å². The van der Waals surface area contributed by atoms with E-state index >= 15 is 0 Å². The molecule has 0 heterocycles. The second kappa shape index (κ2) is 6.77. The average molecular weight is 280 g/mol. The summed E-state index contributed by atoms with van der Waals surface area (Å²) >= 11 is 2.86. The van der Waals surface area contributed by atoms with Crippen LogP contribution in [0.1, 0.15) is 12.8 Å². The molecule has 78 valence electrons. The summed E-state index contributed by atoms with van der Waals surface area (Å²) < 4.78 is 23.7. The molecule has 14 heavy (non-hydrogen) atoms. The zero-order chi connectivity index (χ0) is 11.0. The van der Waals surface area contributed by atoms with Gasteiger partial charge in [-0.3, -0.25) is 0 Å². The summed E-state index contributed by atoms with van der Waals surface area (Å²) in [6.45, 7) is 0.290. The summed E-state index contributed by atoms with van der Waals surface area (Å²) in [4.78, 5) is 0. The Kier molecular flexibility index (Phi) is 6.46. The Morgan fingerprint density at radius 2 is 1.57 bits per heavy atom. The Hall–Kier alpha value is -0.630. The van der Waals surface area contributed by atoms with E-state index in [1.807, 2.05) is 12.1 Å². The normalized spacial score (nSPS) is 10.9. The Morgan fingerprint density at radius 3 is 1.86 bits per heavy atom. The lowest BCUT2D eigenvalue weighted by molar-refractivity contribution is 0.428. The molecule has 0 amide bonds. The molecule has 0 aliphatic carbocycles. The molecule has 0 unspecified atom stereocenters. The van der Waals surface area contributed by atoms with Crippen molar-refractivity contribution in [3.05, 3.63) is 0 Å². The van der Waals surface area contributed by atoms with Crippen LogP contribution >= 0.6 is 15.9 Å². The van der Waals surface area contributed by atoms with Crippen LogP contribution < -0.4 is 0 Å². The van der Waals surface area contributed by atoms with Crippen molar-refractivity contribution in [2.24, 2.45) is 0 Å². The zero-order valence-electron chi connectivity index (χ0n) is 7.48. The highest BCUT2D eigenvalue weighted by Gasteiger charge is 2.19. The van der Waals surface area contributed by atoms with Gasteiger partial charge in [0, 0.05) is 25.9 Å². The number of alkyl halides is 1. The van der Waals surface area contributed by atoms with E-state index in [4.69, 9.17) is 10.5 Å². The van der Waals surface area contributed by atoms with Gasteiger partial charge in [-0.25, -0.2) is 8.42 Å². The summed E-state index contributed by atoms with van der Waals surface area (Å²) in [5.74, 6) is 0. The molecule has 7 heteroatoms. The van der Waals surface area contributed by atoms with Gasteiger partial charge in [0.05, 0.1) is 12.1 Å². The Bertz CT molecular complexity index is 323. The van der Waals surface area contributed by atoms with Crippen molar-refractivity contribution in [3.63, 3.8) is 0 Å². The van der Waals surface area contributed by atoms with Gasteiger partial charge in [0.15, 0.2) is 0 Å². The lowest BCUT2D eigenvalue weighted by atomic mass is 10.4. The molecule has 0 N–H and O–H groups in total. The second-order valence-electron chi connectivity index (χ2n) is 2.44. The van der Waals surface area contributed by atoms with Crippen molar-refractivity contribution in [1.29, 1.82) is 10.5 Å². The second-order valence-corrected chi connectivity index (χ2v) is 5.71. The van der Waals surface area contributed by atoms with Crippen LogP contribution in [0.2, 0.25) is 0 Å². The molecule has 0 fully saturated rings. The predicted octanol–water partition coefficient (Wildman–Crippen LogP) is 0.798. The Morgan fingerprint density at radius 1 is 1.14 bits per heavy atom. The summed E-state index contributed by atoms with van der Waals surface area (Å²) in [5.41, 5.74) is 0. The largest absolute Gasteiger partial charge is 0.224 e. The number of nitriles is 2. The molecular formula is C7H10BrN3O2S. The number of rotatable bonds is 6. The van der Waals surface area contributed by atoms with E-state index in [1.165, 1.54) is 0 Å². The minimum atomic E-state index is -3.36. The molecule has 0 radical (unpaired) electrons. The highest BCUT2D eigenvalue weighted by atomic mass is 79.9. The number of sulfonamides is 1. The van der Waals surface area contributed by atoms with E-state index in [0.29, 0.717) is 0 Å². The fourth-order valence-corrected chi connectivity index (χ4v) is 2.55. The van der Waals surface area contributed by atoms with Gasteiger partial charge in [0.1, 0.15) is 4.66 Å². The van der Waals surface area contributed by atoms with Gasteiger partial charge in [-0.2, -0.15) is 14.8 Å². The van der Waals surface area contributed by atoms with Gasteiger partial charge in [-0.1, -0.05) is 15.9 Å². The van der Waals surface area contributed by atoms with Crippen molar-refractivity contribution in [3.8, 4) is 12.1 Å². The molecule has 0 aliphatic heterocycles. The monoisotopic (exact) mass is 279 g/mol. The quantitative estimate of drug-likeness (QED) is 0.673. The fraction of sp³-hybridized carbons (Fsp3) is 0.714. The molecule has 0 aromatic rings. The number of hydrogen-bond acceptors (Lipinski definition) is 4. The van der Waals surface area contributed by atoms with Crippen molar-refractivity contribution in [2.45, 2.75) is 12.8 Å². The molecule has 0 atom stereocenters. The van der Waals surface area contributed by atoms with E-state index in [1.54, 1.807) is 0 Å². The maximum absolute atomic E-state index is 11.4. The Balaban J connectivity index is 4.42. The Labute approximate surface area is 92.1 Å². The zero-order valence-corrected chi connectivity index (χ0v) is 9.88. The maximum atomic E-state index is 11.4. The van der Waals surface area contributed by atoms with Crippen molar-refractivity contribution >= 4 is 26.0 Å². The average Bonchev–Trinajstić information content (AvgIpc) is 2.17. The standard InChI is InChI=1S/C7H10BrN3O2S/c8-7-14(12,13)11(5-1-3-9)6-2-4-10/h1-2,5-7H2. The molecule has 0 bridgehead atoms. The van der Waals surface area contributed by atoms with E-state index in [-0.39, 0.29) is 30.6 Å². The number of halogens is 1. The summed E-state index contributed by atoms with van der Waals surface area (Å²) in [6, 6.07) is 3.73. The topological polar surface area (TPSA) is 85.0 Å². The molecule has 0 aliphatic rings. The van der Waals surface area contributed by atoms with Crippen LogP contribution in [0.15, 0.2) is 0 Å². The molecule has 0 saturated heterocycles. The number of hydrogen-bond donors (Lipinski definition) is 0. The van der Waals surface area contributed by atoms with Gasteiger partial charge < -0.3 is 0 Å². The predicted molar refractivity (Wildman–Crippen MR) is 54.7 cm³/mol. The lowest BCUT2D eigenvalue weighted by Gasteiger charge is -2.17. The van der Waals surface area contributed by atoms with Crippen LogP contribution in [0.4, 0.5) is 0 Å². The molecule has 0 rings (SSSR count). The van der Waals surface area contributed by atoms with Crippen LogP contribution in [0.25, 0.3) is 0 Å². The molecule has 0 spiro atoms. The van der Waals surface area contributed by atoms with Crippen LogP contribution in [0.3, 0.4) is 0 Å². The number of nitrogens with zero attached hydrogens (tertiary/aromatic N) is 3. The van der Waals surface area contributed by atoms with Crippen LogP contribution in [0.5, 0.6) is 0 Å². The summed E-state index contributed by atoms with van der Waals surface area (Å²) in [7, 11) is -3.36. The smallest absolute Gasteiger partial charge is 0.211 e. The van der Waals surface area contributed by atoms with Gasteiger partial charge >= 0.3 is 0 Å². The van der Waals surface area contributed by atoms with Crippen molar-refractivity contribution < 1.29 is 8.42 Å². The van der Waals surface area contributed by atoms with Crippen LogP contribution in [-0.2, 0) is 10.0 Å². The van der Waals surface area contributed by atoms with Gasteiger partial charge in [0.2, 0.25) is 10.0 Å². The lowest BCUT2D eigenvalue weighted by Crippen LogP contribution is -2.33. The van der Waals surface area contributed by atoms with Crippen LogP contribution in [-0.4, -0.2) is 30.5 Å². The van der Waals surface area contributed by atoms with Gasteiger partial charge in [0.25, 0.3) is 0 Å². The van der Waals surface area contributed by atoms with Gasteiger partial charge in [-0.15, -0.1) is 0 Å². The third-order valence-electron chi connectivity index (χ3n) is 1.48. The maximum Gasteiger partial charge on any atom is 0.224 e. The minimum Gasteiger partial charge on any atom is -0.211 e. The first kappa shape index (κ1) is 13.4. The molecule has 0 saturated carbocycles. The van der Waals surface area contributed by atoms with Crippen molar-refractivity contribution in [1.82, 2.24) is 4.31 Å². The third kappa shape index (κ3) is 4.56. The van der Waals surface area contributed by atoms with E-state index < -0.39 is 10.0 Å². The van der Waals surface area contributed by atoms with Crippen LogP contribution in [0, 0.1) is 22.7 Å². The summed E-state index contributed by atoms with van der Waals surface area (Å²) in [5, 5.41) is 16.7. The minimum absolute atomic E-state index is 0.137. The molecule has 5 nitrogen and oxygen atoms in total. The SMILES string of the molecule is N#CCCN(CCC#N)S(=O)(=O)CBr. The van der Waals surface area contributed by atoms with Crippen molar-refractivity contribution in [2.75, 3.05) is 17.8 Å².